The molecule has 282 valence electrons. The largest absolute Gasteiger partial charge is 0.470 e. The van der Waals surface area contributed by atoms with Crippen LogP contribution in [-0.4, -0.2) is 81.8 Å². The smallest absolute Gasteiger partial charge is 0.249 e. The third-order valence-corrected chi connectivity index (χ3v) is 11.7. The average Bonchev–Trinajstić information content (AvgIpc) is 3.95. The van der Waals surface area contributed by atoms with Gasteiger partial charge in [-0.15, -0.1) is 22.7 Å². The Labute approximate surface area is 316 Å². The van der Waals surface area contributed by atoms with Gasteiger partial charge in [0.05, 0.1) is 12.1 Å². The average molecular weight is 763 g/mol. The van der Waals surface area contributed by atoms with Crippen molar-refractivity contribution in [3.63, 3.8) is 0 Å². The Kier molecular flexibility index (Phi) is 11.6. The highest BCUT2D eigenvalue weighted by Crippen LogP contribution is 2.28. The van der Waals surface area contributed by atoms with Crippen LogP contribution >= 0.6 is 22.7 Å². The molecule has 53 heavy (non-hydrogen) atoms. The summed E-state index contributed by atoms with van der Waals surface area (Å²) in [4.78, 5) is 73.8. The highest BCUT2D eigenvalue weighted by Gasteiger charge is 2.40. The summed E-state index contributed by atoms with van der Waals surface area (Å²) < 4.78 is 12.1. The van der Waals surface area contributed by atoms with E-state index in [-0.39, 0.29) is 35.4 Å². The number of aliphatic imine (C=N–C) groups is 2. The van der Waals surface area contributed by atoms with Gasteiger partial charge < -0.3 is 30.7 Å². The molecule has 0 radical (unpaired) electrons. The van der Waals surface area contributed by atoms with Crippen LogP contribution in [0.2, 0.25) is 0 Å². The Balaban J connectivity index is 1.37. The number of aromatic nitrogens is 2. The summed E-state index contributed by atoms with van der Waals surface area (Å²) in [6.07, 6.45) is -0.151. The minimum absolute atomic E-state index is 0.184. The monoisotopic (exact) mass is 762 g/mol. The summed E-state index contributed by atoms with van der Waals surface area (Å²) >= 11 is 2.65. The lowest BCUT2D eigenvalue weighted by Gasteiger charge is -2.26. The maximum Gasteiger partial charge on any atom is 0.249 e. The quantitative estimate of drug-likeness (QED) is 0.304. The number of hydrogen-bond acceptors (Lipinski definition) is 12. The van der Waals surface area contributed by atoms with Crippen LogP contribution in [0.4, 0.5) is 0 Å². The van der Waals surface area contributed by atoms with Crippen molar-refractivity contribution in [1.82, 2.24) is 31.2 Å². The van der Waals surface area contributed by atoms with Crippen LogP contribution < -0.4 is 21.3 Å². The number of fused-ring (bicyclic) bond motifs is 8. The zero-order chi connectivity index (χ0) is 38.0. The van der Waals surface area contributed by atoms with E-state index in [0.29, 0.717) is 34.2 Å². The van der Waals surface area contributed by atoms with Gasteiger partial charge in [0.1, 0.15) is 45.7 Å². The molecule has 0 fully saturated rings. The van der Waals surface area contributed by atoms with Crippen LogP contribution in [0.5, 0.6) is 0 Å². The first-order chi connectivity index (χ1) is 25.3. The first kappa shape index (κ1) is 38.0. The van der Waals surface area contributed by atoms with Crippen molar-refractivity contribution in [1.29, 1.82) is 0 Å². The number of rotatable bonds is 5. The summed E-state index contributed by atoms with van der Waals surface area (Å²) in [5.41, 5.74) is 1.84. The number of carbonyl (C=O) groups is 4. The molecule has 0 saturated heterocycles. The van der Waals surface area contributed by atoms with Crippen molar-refractivity contribution in [3.05, 3.63) is 68.1 Å². The number of thiazole rings is 2. The zero-order valence-corrected chi connectivity index (χ0v) is 32.4. The van der Waals surface area contributed by atoms with E-state index in [0.717, 1.165) is 5.56 Å². The highest BCUT2D eigenvalue weighted by molar-refractivity contribution is 7.10. The van der Waals surface area contributed by atoms with Gasteiger partial charge in [-0.3, -0.25) is 19.2 Å². The Morgan fingerprint density at radius 2 is 1.23 bits per heavy atom. The topological polar surface area (TPSA) is 185 Å². The summed E-state index contributed by atoms with van der Waals surface area (Å²) in [6, 6.07) is 5.13. The zero-order valence-electron chi connectivity index (χ0n) is 30.8. The summed E-state index contributed by atoms with van der Waals surface area (Å²) in [7, 11) is 0. The van der Waals surface area contributed by atoms with E-state index < -0.39 is 60.3 Å². The summed E-state index contributed by atoms with van der Waals surface area (Å²) in [6.45, 7) is 12.9. The van der Waals surface area contributed by atoms with Gasteiger partial charge in [-0.2, -0.15) is 0 Å². The molecule has 0 spiro atoms. The normalized spacial score (nSPS) is 28.7. The third kappa shape index (κ3) is 8.43. The van der Waals surface area contributed by atoms with Gasteiger partial charge in [-0.1, -0.05) is 64.4 Å². The molecular weight excluding hydrogens is 717 g/mol. The number of nitrogens with one attached hydrogen (secondary N) is 4. The Bertz CT molecular complexity index is 1890. The lowest BCUT2D eigenvalue weighted by Crippen LogP contribution is -2.53. The second kappa shape index (κ2) is 16.1. The van der Waals surface area contributed by atoms with Crippen molar-refractivity contribution in [2.45, 2.75) is 110 Å². The van der Waals surface area contributed by atoms with Gasteiger partial charge in [0.2, 0.25) is 35.4 Å². The molecule has 4 amide bonds. The molecule has 3 aromatic rings. The SMILES string of the molecule is CC[C@H](C)[C@@H]1NC(=O)[C@H]2N=C(O[C@@H]2C)c2csc(n2)[C@@H](Cc2ccccc2)NC(=O)[C@H](C(C)C)NC(=O)[C@H]2N=C(O[C@@H]2C)c2csc(n2)[C@@H](C)NC1=O. The first-order valence-electron chi connectivity index (χ1n) is 18.0. The van der Waals surface area contributed by atoms with Crippen molar-refractivity contribution in [2.24, 2.45) is 21.8 Å². The van der Waals surface area contributed by atoms with Crippen LogP contribution in [0.25, 0.3) is 0 Å². The van der Waals surface area contributed by atoms with Crippen molar-refractivity contribution >= 4 is 58.1 Å². The van der Waals surface area contributed by atoms with Gasteiger partial charge in [0.15, 0.2) is 12.1 Å². The van der Waals surface area contributed by atoms with Crippen molar-refractivity contribution in [3.8, 4) is 0 Å². The Morgan fingerprint density at radius 1 is 0.698 bits per heavy atom. The number of benzene rings is 1. The first-order valence-corrected chi connectivity index (χ1v) is 19.7. The number of ether oxygens (including phenoxy) is 2. The van der Waals surface area contributed by atoms with Gasteiger partial charge in [0.25, 0.3) is 0 Å². The summed E-state index contributed by atoms with van der Waals surface area (Å²) in [5, 5.41) is 16.7. The van der Waals surface area contributed by atoms with Gasteiger partial charge in [0, 0.05) is 10.8 Å². The standard InChI is InChI=1S/C37H46N8O6S2/c1-8-18(4)27-31(47)38-19(5)36-40-24(15-52-36)34-44-28(20(6)50-34)32(48)42-26(17(2)3)30(46)39-23(14-22-12-10-9-11-13-22)37-41-25(16-53-37)35-45-29(21(7)51-35)33(49)43-27/h9-13,15-21,23,26-29H,8,14H2,1-7H3,(H,38,47)(H,39,46)(H,42,48)(H,43,49)/t18-,19+,20+,21+,23+,26-,27-,28-,29-/m0/s1. The minimum atomic E-state index is -0.910. The fourth-order valence-electron chi connectivity index (χ4n) is 6.32. The number of hydrogen-bond donors (Lipinski definition) is 4. The number of carbonyl (C=O) groups excluding carboxylic acids is 4. The minimum Gasteiger partial charge on any atom is -0.470 e. The van der Waals surface area contributed by atoms with Gasteiger partial charge >= 0.3 is 0 Å². The molecule has 6 rings (SSSR count). The molecule has 0 unspecified atom stereocenters. The van der Waals surface area contributed by atoms with Gasteiger partial charge in [-0.05, 0) is 44.6 Å². The van der Waals surface area contributed by atoms with E-state index in [9.17, 15) is 19.2 Å². The van der Waals surface area contributed by atoms with Crippen molar-refractivity contribution < 1.29 is 28.7 Å². The third-order valence-electron chi connectivity index (χ3n) is 9.68. The molecule has 1 aromatic carbocycles. The molecule has 0 saturated carbocycles. The molecule has 5 heterocycles. The molecule has 4 N–H and O–H groups in total. The van der Waals surface area contributed by atoms with Crippen molar-refractivity contribution in [2.75, 3.05) is 0 Å². The van der Waals surface area contributed by atoms with E-state index in [2.05, 4.69) is 36.2 Å². The lowest BCUT2D eigenvalue weighted by molar-refractivity contribution is -0.131. The van der Waals surface area contributed by atoms with E-state index in [4.69, 9.17) is 14.5 Å². The van der Waals surface area contributed by atoms with E-state index >= 15 is 0 Å². The lowest BCUT2D eigenvalue weighted by atomic mass is 9.97. The van der Waals surface area contributed by atoms with Crippen LogP contribution in [0, 0.1) is 11.8 Å². The van der Waals surface area contributed by atoms with E-state index in [1.807, 2.05) is 65.0 Å². The maximum atomic E-state index is 14.0. The fraction of sp³-hybridized carbons (Fsp3) is 0.514. The maximum absolute atomic E-state index is 14.0. The second-order valence-corrected chi connectivity index (χ2v) is 15.9. The predicted molar refractivity (Wildman–Crippen MR) is 202 cm³/mol. The molecule has 9 atom stereocenters. The second-order valence-electron chi connectivity index (χ2n) is 14.1. The molecular formula is C37H46N8O6S2. The van der Waals surface area contributed by atoms with E-state index in [1.54, 1.807) is 24.6 Å². The number of amides is 4. The van der Waals surface area contributed by atoms with E-state index in [1.165, 1.54) is 22.7 Å². The molecule has 2 aromatic heterocycles. The highest BCUT2D eigenvalue weighted by atomic mass is 32.1. The number of nitrogens with zero attached hydrogens (tertiary/aromatic N) is 4. The molecule has 3 aliphatic heterocycles. The van der Waals surface area contributed by atoms with Crippen LogP contribution in [0.15, 0.2) is 51.1 Å². The molecule has 14 nitrogen and oxygen atoms in total. The fourth-order valence-corrected chi connectivity index (χ4v) is 7.97. The van der Waals surface area contributed by atoms with Crippen LogP contribution in [-0.2, 0) is 35.1 Å². The molecule has 0 aliphatic carbocycles. The summed E-state index contributed by atoms with van der Waals surface area (Å²) in [5.74, 6) is -1.62. The Morgan fingerprint density at radius 3 is 1.79 bits per heavy atom. The molecule has 3 aliphatic rings. The predicted octanol–water partition coefficient (Wildman–Crippen LogP) is 3.63. The molecule has 8 bridgehead atoms. The van der Waals surface area contributed by atoms with Crippen LogP contribution in [0.3, 0.4) is 0 Å². The van der Waals surface area contributed by atoms with Gasteiger partial charge in [-0.25, -0.2) is 20.0 Å². The molecule has 16 heteroatoms. The Hall–Kier alpha value is -4.70. The van der Waals surface area contributed by atoms with Crippen LogP contribution in [0.1, 0.15) is 93.9 Å².